The molecule has 0 aliphatic carbocycles. The summed E-state index contributed by atoms with van der Waals surface area (Å²) in [5.41, 5.74) is 0.790. The SMILES string of the molecule is Oc1ccc(F)cc1C1CC2CCC(C1)N2. The van der Waals surface area contributed by atoms with Crippen LogP contribution in [0.15, 0.2) is 18.2 Å². The van der Waals surface area contributed by atoms with Gasteiger partial charge in [0.15, 0.2) is 0 Å². The first-order chi connectivity index (χ1) is 7.72. The van der Waals surface area contributed by atoms with Crippen molar-refractivity contribution >= 4 is 0 Å². The minimum absolute atomic E-state index is 0.243. The number of hydrogen-bond donors (Lipinski definition) is 2. The second-order valence-electron chi connectivity index (χ2n) is 5.01. The van der Waals surface area contributed by atoms with E-state index in [1.165, 1.54) is 31.0 Å². The molecule has 0 spiro atoms. The van der Waals surface area contributed by atoms with Gasteiger partial charge in [0.2, 0.25) is 0 Å². The molecular weight excluding hydrogens is 205 g/mol. The molecule has 3 rings (SSSR count). The Morgan fingerprint density at radius 2 is 1.88 bits per heavy atom. The Labute approximate surface area is 94.5 Å². The maximum atomic E-state index is 13.2. The highest BCUT2D eigenvalue weighted by Gasteiger charge is 2.34. The van der Waals surface area contributed by atoms with Crippen molar-refractivity contribution in [2.24, 2.45) is 0 Å². The Morgan fingerprint density at radius 1 is 1.19 bits per heavy atom. The lowest BCUT2D eigenvalue weighted by Gasteiger charge is -2.29. The second-order valence-corrected chi connectivity index (χ2v) is 5.01. The monoisotopic (exact) mass is 221 g/mol. The first-order valence-corrected chi connectivity index (χ1v) is 5.97. The normalized spacial score (nSPS) is 32.9. The Bertz CT molecular complexity index is 395. The van der Waals surface area contributed by atoms with Gasteiger partial charge in [0.25, 0.3) is 0 Å². The van der Waals surface area contributed by atoms with E-state index in [0.29, 0.717) is 18.0 Å². The minimum atomic E-state index is -0.251. The van der Waals surface area contributed by atoms with Crippen molar-refractivity contribution in [3.05, 3.63) is 29.6 Å². The van der Waals surface area contributed by atoms with E-state index in [2.05, 4.69) is 5.32 Å². The largest absolute Gasteiger partial charge is 0.508 e. The average molecular weight is 221 g/mol. The van der Waals surface area contributed by atoms with Crippen LogP contribution in [-0.4, -0.2) is 17.2 Å². The highest BCUT2D eigenvalue weighted by molar-refractivity contribution is 5.36. The van der Waals surface area contributed by atoms with Crippen LogP contribution in [0.2, 0.25) is 0 Å². The van der Waals surface area contributed by atoms with Crippen molar-refractivity contribution in [1.29, 1.82) is 0 Å². The standard InChI is InChI=1S/C13H16FNO/c14-9-1-4-13(16)12(7-9)8-5-10-2-3-11(6-8)15-10/h1,4,7-8,10-11,15-16H,2-3,5-6H2. The topological polar surface area (TPSA) is 32.3 Å². The van der Waals surface area contributed by atoms with Crippen LogP contribution in [0.1, 0.15) is 37.2 Å². The van der Waals surface area contributed by atoms with Gasteiger partial charge in [-0.05, 0) is 55.4 Å². The van der Waals surface area contributed by atoms with Crippen LogP contribution in [0, 0.1) is 5.82 Å². The quantitative estimate of drug-likeness (QED) is 0.763. The maximum absolute atomic E-state index is 13.2. The summed E-state index contributed by atoms with van der Waals surface area (Å²) >= 11 is 0. The molecule has 0 saturated carbocycles. The lowest BCUT2D eigenvalue weighted by molar-refractivity contribution is 0.353. The maximum Gasteiger partial charge on any atom is 0.123 e. The summed E-state index contributed by atoms with van der Waals surface area (Å²) in [6.45, 7) is 0. The predicted molar refractivity (Wildman–Crippen MR) is 60.0 cm³/mol. The van der Waals surface area contributed by atoms with Gasteiger partial charge >= 0.3 is 0 Å². The molecule has 0 radical (unpaired) electrons. The molecule has 16 heavy (non-hydrogen) atoms. The molecule has 2 aliphatic rings. The first-order valence-electron chi connectivity index (χ1n) is 5.97. The fraction of sp³-hybridized carbons (Fsp3) is 0.538. The molecule has 2 bridgehead atoms. The number of rotatable bonds is 1. The van der Waals surface area contributed by atoms with Gasteiger partial charge in [-0.1, -0.05) is 0 Å². The van der Waals surface area contributed by atoms with Gasteiger partial charge in [-0.25, -0.2) is 4.39 Å². The number of phenols is 1. The third-order valence-corrected chi connectivity index (χ3v) is 3.90. The smallest absolute Gasteiger partial charge is 0.123 e. The van der Waals surface area contributed by atoms with Gasteiger partial charge in [-0.2, -0.15) is 0 Å². The van der Waals surface area contributed by atoms with E-state index in [9.17, 15) is 9.50 Å². The molecular formula is C13H16FNO. The fourth-order valence-electron chi connectivity index (χ4n) is 3.16. The van der Waals surface area contributed by atoms with Crippen LogP contribution >= 0.6 is 0 Å². The Morgan fingerprint density at radius 3 is 2.56 bits per heavy atom. The highest BCUT2D eigenvalue weighted by Crippen LogP contribution is 2.40. The lowest BCUT2D eigenvalue weighted by atomic mass is 9.86. The van der Waals surface area contributed by atoms with Crippen LogP contribution < -0.4 is 5.32 Å². The zero-order chi connectivity index (χ0) is 11.1. The van der Waals surface area contributed by atoms with Crippen LogP contribution in [0.5, 0.6) is 5.75 Å². The Hall–Kier alpha value is -1.09. The van der Waals surface area contributed by atoms with Gasteiger partial charge in [-0.15, -0.1) is 0 Å². The van der Waals surface area contributed by atoms with Crippen molar-refractivity contribution in [3.8, 4) is 5.75 Å². The van der Waals surface area contributed by atoms with Gasteiger partial charge in [-0.3, -0.25) is 0 Å². The second kappa shape index (κ2) is 3.74. The van der Waals surface area contributed by atoms with Crippen molar-refractivity contribution in [3.63, 3.8) is 0 Å². The third-order valence-electron chi connectivity index (χ3n) is 3.90. The third kappa shape index (κ3) is 1.69. The van der Waals surface area contributed by atoms with Gasteiger partial charge < -0.3 is 10.4 Å². The molecule has 0 amide bonds. The number of aromatic hydroxyl groups is 1. The summed E-state index contributed by atoms with van der Waals surface area (Å²) in [6.07, 6.45) is 4.48. The molecule has 0 aromatic heterocycles. The number of hydrogen-bond acceptors (Lipinski definition) is 2. The van der Waals surface area contributed by atoms with E-state index in [1.54, 1.807) is 0 Å². The number of halogens is 1. The first kappa shape index (κ1) is 10.1. The lowest BCUT2D eigenvalue weighted by Crippen LogP contribution is -2.37. The Kier molecular flexibility index (Phi) is 2.36. The predicted octanol–water partition coefficient (Wildman–Crippen LogP) is 2.53. The molecule has 2 saturated heterocycles. The van der Waals surface area contributed by atoms with Crippen LogP contribution in [0.3, 0.4) is 0 Å². The molecule has 2 aliphatic heterocycles. The molecule has 86 valence electrons. The summed E-state index contributed by atoms with van der Waals surface area (Å²) in [4.78, 5) is 0. The van der Waals surface area contributed by atoms with E-state index in [4.69, 9.17) is 0 Å². The molecule has 2 N–H and O–H groups in total. The zero-order valence-corrected chi connectivity index (χ0v) is 9.12. The van der Waals surface area contributed by atoms with Crippen molar-refractivity contribution < 1.29 is 9.50 Å². The Balaban J connectivity index is 1.89. The van der Waals surface area contributed by atoms with Gasteiger partial charge in [0.05, 0.1) is 0 Å². The number of benzene rings is 1. The van der Waals surface area contributed by atoms with E-state index in [-0.39, 0.29) is 11.6 Å². The van der Waals surface area contributed by atoms with Gasteiger partial charge in [0, 0.05) is 12.1 Å². The highest BCUT2D eigenvalue weighted by atomic mass is 19.1. The van der Waals surface area contributed by atoms with Crippen molar-refractivity contribution in [1.82, 2.24) is 5.32 Å². The molecule has 2 unspecified atom stereocenters. The minimum Gasteiger partial charge on any atom is -0.508 e. The molecule has 1 aromatic rings. The zero-order valence-electron chi connectivity index (χ0n) is 9.12. The van der Waals surface area contributed by atoms with Crippen molar-refractivity contribution in [2.75, 3.05) is 0 Å². The molecule has 2 nitrogen and oxygen atoms in total. The number of piperidine rings is 1. The molecule has 1 aromatic carbocycles. The average Bonchev–Trinajstić information content (AvgIpc) is 2.61. The molecule has 2 atom stereocenters. The molecule has 2 fully saturated rings. The summed E-state index contributed by atoms with van der Waals surface area (Å²) in [7, 11) is 0. The van der Waals surface area contributed by atoms with Crippen LogP contribution in [0.4, 0.5) is 4.39 Å². The summed E-state index contributed by atoms with van der Waals surface area (Å²) in [5.74, 6) is 0.306. The van der Waals surface area contributed by atoms with E-state index >= 15 is 0 Å². The molecule has 3 heteroatoms. The summed E-state index contributed by atoms with van der Waals surface area (Å²) < 4.78 is 13.2. The summed E-state index contributed by atoms with van der Waals surface area (Å²) in [5, 5.41) is 13.3. The number of fused-ring (bicyclic) bond motifs is 2. The van der Waals surface area contributed by atoms with E-state index in [1.807, 2.05) is 0 Å². The molecule has 2 heterocycles. The number of nitrogens with one attached hydrogen (secondary N) is 1. The van der Waals surface area contributed by atoms with E-state index < -0.39 is 0 Å². The number of phenolic OH excluding ortho intramolecular Hbond substituents is 1. The van der Waals surface area contributed by atoms with E-state index in [0.717, 1.165) is 18.4 Å². The van der Waals surface area contributed by atoms with Crippen LogP contribution in [0.25, 0.3) is 0 Å². The van der Waals surface area contributed by atoms with Crippen LogP contribution in [-0.2, 0) is 0 Å². The van der Waals surface area contributed by atoms with Gasteiger partial charge in [0.1, 0.15) is 11.6 Å². The van der Waals surface area contributed by atoms with Crippen molar-refractivity contribution in [2.45, 2.75) is 43.7 Å². The fourth-order valence-corrected chi connectivity index (χ4v) is 3.16. The summed E-state index contributed by atoms with van der Waals surface area (Å²) in [6, 6.07) is 5.39.